The molecular formula is C9H13N3O. The van der Waals surface area contributed by atoms with E-state index in [4.69, 9.17) is 16.2 Å². The van der Waals surface area contributed by atoms with Crippen molar-refractivity contribution < 1.29 is 5.11 Å². The minimum absolute atomic E-state index is 0.00758. The van der Waals surface area contributed by atoms with Crippen LogP contribution in [0.15, 0.2) is 24.3 Å². The molecule has 0 aliphatic heterocycles. The lowest BCUT2D eigenvalue weighted by Crippen LogP contribution is -2.36. The second-order valence-corrected chi connectivity index (χ2v) is 2.65. The first-order chi connectivity index (χ1) is 6.15. The summed E-state index contributed by atoms with van der Waals surface area (Å²) in [4.78, 5) is 1.64. The largest absolute Gasteiger partial charge is 0.508 e. The number of aromatic hydroxyl groups is 1. The lowest BCUT2D eigenvalue weighted by Gasteiger charge is -2.20. The van der Waals surface area contributed by atoms with E-state index in [9.17, 15) is 0 Å². The summed E-state index contributed by atoms with van der Waals surface area (Å²) < 4.78 is 0. The van der Waals surface area contributed by atoms with Gasteiger partial charge in [0.2, 0.25) is 0 Å². The van der Waals surface area contributed by atoms with Crippen molar-refractivity contribution in [2.45, 2.75) is 6.92 Å². The Hall–Kier alpha value is -1.71. The van der Waals surface area contributed by atoms with Crippen molar-refractivity contribution in [3.63, 3.8) is 0 Å². The van der Waals surface area contributed by atoms with E-state index in [-0.39, 0.29) is 11.7 Å². The van der Waals surface area contributed by atoms with Crippen molar-refractivity contribution >= 4 is 11.6 Å². The first-order valence-corrected chi connectivity index (χ1v) is 4.05. The summed E-state index contributed by atoms with van der Waals surface area (Å²) in [6.45, 7) is 2.55. The first-order valence-electron chi connectivity index (χ1n) is 4.05. The van der Waals surface area contributed by atoms with Crippen LogP contribution in [0.5, 0.6) is 5.75 Å². The van der Waals surface area contributed by atoms with E-state index < -0.39 is 0 Å². The normalized spacial score (nSPS) is 9.62. The minimum Gasteiger partial charge on any atom is -0.508 e. The molecule has 1 aromatic rings. The lowest BCUT2D eigenvalue weighted by atomic mass is 10.3. The van der Waals surface area contributed by atoms with E-state index >= 15 is 0 Å². The molecule has 0 saturated carbocycles. The molecule has 0 radical (unpaired) electrons. The van der Waals surface area contributed by atoms with E-state index in [1.54, 1.807) is 29.2 Å². The monoisotopic (exact) mass is 179 g/mol. The number of guanidine groups is 1. The maximum absolute atomic E-state index is 9.05. The van der Waals surface area contributed by atoms with Gasteiger partial charge in [0.25, 0.3) is 0 Å². The van der Waals surface area contributed by atoms with E-state index in [0.717, 1.165) is 5.69 Å². The molecule has 0 aliphatic carbocycles. The topological polar surface area (TPSA) is 73.3 Å². The first kappa shape index (κ1) is 9.38. The molecule has 0 aromatic heterocycles. The van der Waals surface area contributed by atoms with Crippen molar-refractivity contribution in [3.05, 3.63) is 24.3 Å². The molecule has 70 valence electrons. The molecule has 1 rings (SSSR count). The fourth-order valence-corrected chi connectivity index (χ4v) is 1.12. The van der Waals surface area contributed by atoms with Crippen LogP contribution in [-0.4, -0.2) is 17.6 Å². The maximum atomic E-state index is 9.05. The number of phenols is 1. The van der Waals surface area contributed by atoms with Gasteiger partial charge in [-0.1, -0.05) is 0 Å². The molecular weight excluding hydrogens is 166 g/mol. The summed E-state index contributed by atoms with van der Waals surface area (Å²) in [5, 5.41) is 16.3. The Bertz CT molecular complexity index is 294. The second kappa shape index (κ2) is 3.80. The standard InChI is InChI=1S/C9H13N3O/c1-2-12(9(10)11)7-3-5-8(13)6-4-7/h3-6,13H,2H2,1H3,(H3,10,11). The fourth-order valence-electron chi connectivity index (χ4n) is 1.12. The number of nitrogens with two attached hydrogens (primary N) is 1. The zero-order chi connectivity index (χ0) is 9.84. The minimum atomic E-state index is 0.00758. The van der Waals surface area contributed by atoms with Gasteiger partial charge in [0.1, 0.15) is 5.75 Å². The summed E-state index contributed by atoms with van der Waals surface area (Å²) in [7, 11) is 0. The maximum Gasteiger partial charge on any atom is 0.192 e. The number of hydrogen-bond donors (Lipinski definition) is 3. The average molecular weight is 179 g/mol. The third-order valence-electron chi connectivity index (χ3n) is 1.77. The van der Waals surface area contributed by atoms with Crippen molar-refractivity contribution in [2.24, 2.45) is 5.73 Å². The van der Waals surface area contributed by atoms with Crippen LogP contribution in [0.1, 0.15) is 6.92 Å². The van der Waals surface area contributed by atoms with Gasteiger partial charge >= 0.3 is 0 Å². The summed E-state index contributed by atoms with van der Waals surface area (Å²) in [6.07, 6.45) is 0. The van der Waals surface area contributed by atoms with Gasteiger partial charge in [-0.2, -0.15) is 0 Å². The number of phenolic OH excluding ortho intramolecular Hbond substituents is 1. The molecule has 0 heterocycles. The highest BCUT2D eigenvalue weighted by Gasteiger charge is 2.05. The molecule has 4 nitrogen and oxygen atoms in total. The van der Waals surface area contributed by atoms with Crippen LogP contribution >= 0.6 is 0 Å². The Kier molecular flexibility index (Phi) is 2.74. The van der Waals surface area contributed by atoms with Gasteiger partial charge in [-0.05, 0) is 31.2 Å². The van der Waals surface area contributed by atoms with Gasteiger partial charge in [-0.25, -0.2) is 0 Å². The highest BCUT2D eigenvalue weighted by Crippen LogP contribution is 2.17. The SMILES string of the molecule is CCN(C(=N)N)c1ccc(O)cc1. The zero-order valence-electron chi connectivity index (χ0n) is 7.49. The molecule has 0 spiro atoms. The van der Waals surface area contributed by atoms with Crippen LogP contribution in [0, 0.1) is 5.41 Å². The molecule has 13 heavy (non-hydrogen) atoms. The average Bonchev–Trinajstić information content (AvgIpc) is 2.09. The van der Waals surface area contributed by atoms with E-state index in [2.05, 4.69) is 0 Å². The van der Waals surface area contributed by atoms with Gasteiger partial charge in [0.05, 0.1) is 0 Å². The number of nitrogens with one attached hydrogen (secondary N) is 1. The molecule has 0 atom stereocenters. The van der Waals surface area contributed by atoms with E-state index in [0.29, 0.717) is 6.54 Å². The van der Waals surface area contributed by atoms with Gasteiger partial charge < -0.3 is 15.7 Å². The van der Waals surface area contributed by atoms with Crippen LogP contribution in [-0.2, 0) is 0 Å². The van der Waals surface area contributed by atoms with Gasteiger partial charge in [-0.15, -0.1) is 0 Å². The van der Waals surface area contributed by atoms with Gasteiger partial charge in [-0.3, -0.25) is 5.41 Å². The smallest absolute Gasteiger partial charge is 0.192 e. The van der Waals surface area contributed by atoms with Crippen LogP contribution in [0.25, 0.3) is 0 Å². The van der Waals surface area contributed by atoms with E-state index in [1.165, 1.54) is 0 Å². The molecule has 1 aromatic carbocycles. The molecule has 0 fully saturated rings. The molecule has 0 bridgehead atoms. The van der Waals surface area contributed by atoms with Crippen LogP contribution < -0.4 is 10.6 Å². The number of hydrogen-bond acceptors (Lipinski definition) is 2. The summed E-state index contributed by atoms with van der Waals surface area (Å²) in [5.41, 5.74) is 6.18. The van der Waals surface area contributed by atoms with Crippen LogP contribution in [0.2, 0.25) is 0 Å². The zero-order valence-corrected chi connectivity index (χ0v) is 7.49. The Morgan fingerprint density at radius 3 is 2.38 bits per heavy atom. The Labute approximate surface area is 77.1 Å². The quantitative estimate of drug-likeness (QED) is 0.470. The van der Waals surface area contributed by atoms with Crippen molar-refractivity contribution in [2.75, 3.05) is 11.4 Å². The number of benzene rings is 1. The predicted molar refractivity (Wildman–Crippen MR) is 53.0 cm³/mol. The fraction of sp³-hybridized carbons (Fsp3) is 0.222. The van der Waals surface area contributed by atoms with Crippen LogP contribution in [0.4, 0.5) is 5.69 Å². The van der Waals surface area contributed by atoms with Crippen LogP contribution in [0.3, 0.4) is 0 Å². The Morgan fingerprint density at radius 1 is 1.46 bits per heavy atom. The highest BCUT2D eigenvalue weighted by atomic mass is 16.3. The van der Waals surface area contributed by atoms with Crippen molar-refractivity contribution in [1.82, 2.24) is 0 Å². The number of nitrogens with zero attached hydrogens (tertiary/aromatic N) is 1. The Balaban J connectivity index is 2.92. The lowest BCUT2D eigenvalue weighted by molar-refractivity contribution is 0.475. The molecule has 0 unspecified atom stereocenters. The predicted octanol–water partition coefficient (Wildman–Crippen LogP) is 1.11. The van der Waals surface area contributed by atoms with Crippen molar-refractivity contribution in [3.8, 4) is 5.75 Å². The van der Waals surface area contributed by atoms with Crippen molar-refractivity contribution in [1.29, 1.82) is 5.41 Å². The third-order valence-corrected chi connectivity index (χ3v) is 1.77. The summed E-state index contributed by atoms with van der Waals surface area (Å²) in [5.74, 6) is 0.219. The highest BCUT2D eigenvalue weighted by molar-refractivity contribution is 5.92. The van der Waals surface area contributed by atoms with Gasteiger partial charge in [0.15, 0.2) is 5.96 Å². The number of rotatable bonds is 2. The Morgan fingerprint density at radius 2 is 2.00 bits per heavy atom. The van der Waals surface area contributed by atoms with E-state index in [1.807, 2.05) is 6.92 Å². The molecule has 0 saturated heterocycles. The molecule has 0 aliphatic rings. The van der Waals surface area contributed by atoms with Gasteiger partial charge in [0, 0.05) is 12.2 Å². The summed E-state index contributed by atoms with van der Waals surface area (Å²) >= 11 is 0. The molecule has 4 N–H and O–H groups in total. The third kappa shape index (κ3) is 2.11. The molecule has 4 heteroatoms. The molecule has 0 amide bonds. The number of anilines is 1. The second-order valence-electron chi connectivity index (χ2n) is 2.65. The summed E-state index contributed by atoms with van der Waals surface area (Å²) in [6, 6.07) is 6.59.